The van der Waals surface area contributed by atoms with Gasteiger partial charge in [0.15, 0.2) is 5.78 Å². The molecule has 1 unspecified atom stereocenters. The van der Waals surface area contributed by atoms with Gasteiger partial charge in [-0.25, -0.2) is 0 Å². The van der Waals surface area contributed by atoms with Crippen molar-refractivity contribution in [2.75, 3.05) is 0 Å². The van der Waals surface area contributed by atoms with Crippen molar-refractivity contribution in [3.63, 3.8) is 0 Å². The quantitative estimate of drug-likeness (QED) is 0.636. The van der Waals surface area contributed by atoms with E-state index in [1.807, 2.05) is 6.07 Å². The van der Waals surface area contributed by atoms with Crippen molar-refractivity contribution in [1.29, 1.82) is 0 Å². The van der Waals surface area contributed by atoms with Crippen LogP contribution in [-0.2, 0) is 0 Å². The van der Waals surface area contributed by atoms with Gasteiger partial charge in [-0.3, -0.25) is 9.78 Å². The molecule has 4 nitrogen and oxygen atoms in total. The third-order valence-electron chi connectivity index (χ3n) is 2.71. The minimum Gasteiger partial charge on any atom is -0.375 e. The molecule has 0 fully saturated rings. The number of Topliss-reactive ketones (excluding diaryl/α,β-unsaturated/α-hetero) is 1. The molecule has 0 aliphatic heterocycles. The molecule has 0 saturated heterocycles. The van der Waals surface area contributed by atoms with E-state index in [0.717, 1.165) is 11.1 Å². The van der Waals surface area contributed by atoms with Crippen LogP contribution >= 0.6 is 0 Å². The largest absolute Gasteiger partial charge is 0.375 e. The van der Waals surface area contributed by atoms with Crippen molar-refractivity contribution in [2.24, 2.45) is 5.73 Å². The molecule has 92 valence electrons. The van der Waals surface area contributed by atoms with E-state index in [1.54, 1.807) is 30.5 Å². The van der Waals surface area contributed by atoms with E-state index in [1.165, 1.54) is 13.1 Å². The zero-order valence-electron chi connectivity index (χ0n) is 10.00. The average Bonchev–Trinajstić information content (AvgIpc) is 2.39. The fourth-order valence-corrected chi connectivity index (χ4v) is 1.69. The molecule has 0 amide bonds. The first-order valence-electron chi connectivity index (χ1n) is 5.58. The van der Waals surface area contributed by atoms with Gasteiger partial charge in [0.2, 0.25) is 0 Å². The Labute approximate surface area is 105 Å². The smallest absolute Gasteiger partial charge is 0.161 e. The molecule has 0 saturated carbocycles. The van der Waals surface area contributed by atoms with Crippen LogP contribution in [0.5, 0.6) is 0 Å². The molecule has 0 aliphatic rings. The molecule has 1 aromatic carbocycles. The number of rotatable bonds is 3. The molecular weight excluding hydrogens is 228 g/mol. The zero-order valence-corrected chi connectivity index (χ0v) is 10.00. The number of benzene rings is 1. The Morgan fingerprint density at radius 2 is 2.06 bits per heavy atom. The van der Waals surface area contributed by atoms with Crippen LogP contribution in [0.2, 0.25) is 0 Å². The summed E-state index contributed by atoms with van der Waals surface area (Å²) in [7, 11) is 0. The van der Waals surface area contributed by atoms with Crippen LogP contribution in [0, 0.1) is 0 Å². The molecule has 0 aliphatic carbocycles. The van der Waals surface area contributed by atoms with Gasteiger partial charge in [-0.15, -0.1) is 0 Å². The van der Waals surface area contributed by atoms with Gasteiger partial charge in [0.05, 0.1) is 0 Å². The standard InChI is InChI=1S/C14H14N2O2/c1-9(17)12-6-13(8-16-7-12)10-3-2-4-11(5-10)14(15)18/h2-8,14,18H,15H2,1H3. The van der Waals surface area contributed by atoms with Crippen LogP contribution in [0.3, 0.4) is 0 Å². The van der Waals surface area contributed by atoms with Gasteiger partial charge in [-0.1, -0.05) is 18.2 Å². The first kappa shape index (κ1) is 12.4. The number of ketones is 1. The Kier molecular flexibility index (Phi) is 3.50. The number of nitrogens with two attached hydrogens (primary N) is 1. The lowest BCUT2D eigenvalue weighted by molar-refractivity contribution is 0.101. The van der Waals surface area contributed by atoms with Crippen LogP contribution < -0.4 is 5.73 Å². The summed E-state index contributed by atoms with van der Waals surface area (Å²) in [5.41, 5.74) is 8.30. The number of aliphatic hydroxyl groups excluding tert-OH is 1. The third-order valence-corrected chi connectivity index (χ3v) is 2.71. The molecule has 1 aromatic heterocycles. The molecular formula is C14H14N2O2. The van der Waals surface area contributed by atoms with E-state index < -0.39 is 6.23 Å². The van der Waals surface area contributed by atoms with Crippen molar-refractivity contribution in [2.45, 2.75) is 13.2 Å². The fourth-order valence-electron chi connectivity index (χ4n) is 1.69. The molecule has 4 heteroatoms. The van der Waals surface area contributed by atoms with Crippen LogP contribution in [0.4, 0.5) is 0 Å². The van der Waals surface area contributed by atoms with Crippen LogP contribution in [0.15, 0.2) is 42.7 Å². The third kappa shape index (κ3) is 2.61. The summed E-state index contributed by atoms with van der Waals surface area (Å²) in [5, 5.41) is 9.35. The second-order valence-corrected chi connectivity index (χ2v) is 4.09. The van der Waals surface area contributed by atoms with Crippen LogP contribution in [0.25, 0.3) is 11.1 Å². The second-order valence-electron chi connectivity index (χ2n) is 4.09. The maximum Gasteiger partial charge on any atom is 0.161 e. The summed E-state index contributed by atoms with van der Waals surface area (Å²) in [4.78, 5) is 15.3. The summed E-state index contributed by atoms with van der Waals surface area (Å²) >= 11 is 0. The minimum atomic E-state index is -1.01. The predicted octanol–water partition coefficient (Wildman–Crippen LogP) is 1.90. The van der Waals surface area contributed by atoms with E-state index in [-0.39, 0.29) is 5.78 Å². The normalized spacial score (nSPS) is 12.2. The summed E-state index contributed by atoms with van der Waals surface area (Å²) in [6.45, 7) is 1.50. The topological polar surface area (TPSA) is 76.2 Å². The van der Waals surface area contributed by atoms with Crippen molar-refractivity contribution in [3.8, 4) is 11.1 Å². The number of aliphatic hydroxyl groups is 1. The van der Waals surface area contributed by atoms with Crippen molar-refractivity contribution >= 4 is 5.78 Å². The molecule has 2 rings (SSSR count). The lowest BCUT2D eigenvalue weighted by atomic mass is 10.0. The molecule has 2 aromatic rings. The monoisotopic (exact) mass is 242 g/mol. The fraction of sp³-hybridized carbons (Fsp3) is 0.143. The maximum absolute atomic E-state index is 11.3. The lowest BCUT2D eigenvalue weighted by Gasteiger charge is -2.08. The van der Waals surface area contributed by atoms with E-state index in [2.05, 4.69) is 4.98 Å². The highest BCUT2D eigenvalue weighted by atomic mass is 16.3. The number of nitrogens with zero attached hydrogens (tertiary/aromatic N) is 1. The Morgan fingerprint density at radius 1 is 1.28 bits per heavy atom. The molecule has 0 spiro atoms. The molecule has 0 bridgehead atoms. The number of aromatic nitrogens is 1. The molecule has 3 N–H and O–H groups in total. The van der Waals surface area contributed by atoms with Crippen molar-refractivity contribution < 1.29 is 9.90 Å². The van der Waals surface area contributed by atoms with Gasteiger partial charge in [0.25, 0.3) is 0 Å². The van der Waals surface area contributed by atoms with Gasteiger partial charge in [-0.2, -0.15) is 0 Å². The Balaban J connectivity index is 2.45. The van der Waals surface area contributed by atoms with E-state index in [0.29, 0.717) is 11.1 Å². The van der Waals surface area contributed by atoms with Gasteiger partial charge in [-0.05, 0) is 30.2 Å². The minimum absolute atomic E-state index is 0.0284. The highest BCUT2D eigenvalue weighted by molar-refractivity contribution is 5.94. The summed E-state index contributed by atoms with van der Waals surface area (Å²) in [5.74, 6) is -0.0284. The van der Waals surface area contributed by atoms with E-state index >= 15 is 0 Å². The number of hydrogen-bond acceptors (Lipinski definition) is 4. The van der Waals surface area contributed by atoms with Gasteiger partial charge < -0.3 is 10.8 Å². The van der Waals surface area contributed by atoms with Crippen LogP contribution in [0.1, 0.15) is 29.1 Å². The summed E-state index contributed by atoms with van der Waals surface area (Å²) in [6, 6.07) is 8.99. The SMILES string of the molecule is CC(=O)c1cncc(-c2cccc(C(N)O)c2)c1. The molecule has 18 heavy (non-hydrogen) atoms. The Morgan fingerprint density at radius 3 is 2.72 bits per heavy atom. The van der Waals surface area contributed by atoms with Crippen molar-refractivity contribution in [1.82, 2.24) is 4.98 Å². The number of carbonyl (C=O) groups is 1. The first-order valence-corrected chi connectivity index (χ1v) is 5.58. The summed E-state index contributed by atoms with van der Waals surface area (Å²) in [6.07, 6.45) is 2.20. The van der Waals surface area contributed by atoms with Gasteiger partial charge >= 0.3 is 0 Å². The highest BCUT2D eigenvalue weighted by Gasteiger charge is 2.06. The number of hydrogen-bond donors (Lipinski definition) is 2. The Hall–Kier alpha value is -2.04. The summed E-state index contributed by atoms with van der Waals surface area (Å²) < 4.78 is 0. The van der Waals surface area contributed by atoms with E-state index in [9.17, 15) is 9.90 Å². The maximum atomic E-state index is 11.3. The first-order chi connectivity index (χ1) is 8.58. The molecule has 1 atom stereocenters. The van der Waals surface area contributed by atoms with Crippen LogP contribution in [-0.4, -0.2) is 15.9 Å². The van der Waals surface area contributed by atoms with E-state index in [4.69, 9.17) is 5.73 Å². The Bertz CT molecular complexity index is 580. The average molecular weight is 242 g/mol. The van der Waals surface area contributed by atoms with Crippen molar-refractivity contribution in [3.05, 3.63) is 53.9 Å². The molecule has 1 heterocycles. The molecule has 0 radical (unpaired) electrons. The highest BCUT2D eigenvalue weighted by Crippen LogP contribution is 2.22. The number of pyridine rings is 1. The van der Waals surface area contributed by atoms with Gasteiger partial charge in [0.1, 0.15) is 6.23 Å². The number of carbonyl (C=O) groups excluding carboxylic acids is 1. The zero-order chi connectivity index (χ0) is 13.1. The predicted molar refractivity (Wildman–Crippen MR) is 68.8 cm³/mol. The second kappa shape index (κ2) is 5.08. The van der Waals surface area contributed by atoms with Gasteiger partial charge in [0, 0.05) is 23.5 Å². The lowest BCUT2D eigenvalue weighted by Crippen LogP contribution is -2.08.